The molecule has 0 aliphatic carbocycles. The molecule has 0 bridgehead atoms. The monoisotopic (exact) mass is 420 g/mol. The molecular formula is C18H29ClN2O5S. The Morgan fingerprint density at radius 2 is 2.04 bits per heavy atom. The number of rotatable bonds is 8. The molecule has 154 valence electrons. The van der Waals surface area contributed by atoms with E-state index in [2.05, 4.69) is 0 Å². The molecule has 1 aliphatic rings. The van der Waals surface area contributed by atoms with Crippen LogP contribution >= 0.6 is 12.4 Å². The van der Waals surface area contributed by atoms with Crippen LogP contribution < -0.4 is 10.5 Å². The van der Waals surface area contributed by atoms with E-state index in [1.165, 1.54) is 12.1 Å². The summed E-state index contributed by atoms with van der Waals surface area (Å²) in [7, 11) is -1.51. The molecule has 0 saturated carbocycles. The molecule has 1 aromatic rings. The Kier molecular flexibility index (Phi) is 9.52. The SMILES string of the molecule is CN(CCCOc1cccc(S(C)(=O)=O)c1)C(=O)C(N)C1CCOCC1.Cl. The summed E-state index contributed by atoms with van der Waals surface area (Å²) < 4.78 is 34.0. The summed E-state index contributed by atoms with van der Waals surface area (Å²) in [6, 6.07) is 5.91. The number of nitrogens with zero attached hydrogens (tertiary/aromatic N) is 1. The van der Waals surface area contributed by atoms with E-state index in [9.17, 15) is 13.2 Å². The lowest BCUT2D eigenvalue weighted by Crippen LogP contribution is -2.48. The third-order valence-electron chi connectivity index (χ3n) is 4.58. The molecular weight excluding hydrogens is 392 g/mol. The number of nitrogens with two attached hydrogens (primary N) is 1. The smallest absolute Gasteiger partial charge is 0.239 e. The highest BCUT2D eigenvalue weighted by molar-refractivity contribution is 7.90. The van der Waals surface area contributed by atoms with E-state index < -0.39 is 15.9 Å². The minimum atomic E-state index is -3.26. The number of carbonyl (C=O) groups excluding carboxylic acids is 1. The summed E-state index contributed by atoms with van der Waals surface area (Å²) in [4.78, 5) is 14.3. The van der Waals surface area contributed by atoms with E-state index in [-0.39, 0.29) is 29.1 Å². The molecule has 2 N–H and O–H groups in total. The maximum Gasteiger partial charge on any atom is 0.239 e. The van der Waals surface area contributed by atoms with Crippen LogP contribution in [0.1, 0.15) is 19.3 Å². The molecule has 0 aromatic heterocycles. The molecule has 0 spiro atoms. The van der Waals surface area contributed by atoms with Crippen LogP contribution in [0.4, 0.5) is 0 Å². The third-order valence-corrected chi connectivity index (χ3v) is 5.69. The van der Waals surface area contributed by atoms with Gasteiger partial charge in [0, 0.05) is 33.1 Å². The quantitative estimate of drug-likeness (QED) is 0.640. The highest BCUT2D eigenvalue weighted by Crippen LogP contribution is 2.19. The summed E-state index contributed by atoms with van der Waals surface area (Å²) in [5.74, 6) is 0.616. The molecule has 27 heavy (non-hydrogen) atoms. The summed E-state index contributed by atoms with van der Waals surface area (Å²) in [5.41, 5.74) is 6.11. The normalized spacial score (nSPS) is 16.3. The standard InChI is InChI=1S/C18H28N2O5S.ClH/c1-20(18(21)17(19)14-7-11-24-12-8-14)9-4-10-25-15-5-3-6-16(13-15)26(2,22)23;/h3,5-6,13-14,17H,4,7-12,19H2,1-2H3;1H. The number of likely N-dealkylation sites (N-methyl/N-ethyl adjacent to an activating group) is 1. The topological polar surface area (TPSA) is 98.9 Å². The van der Waals surface area contributed by atoms with Crippen molar-refractivity contribution >= 4 is 28.2 Å². The van der Waals surface area contributed by atoms with Gasteiger partial charge < -0.3 is 20.1 Å². The van der Waals surface area contributed by atoms with E-state index in [0.29, 0.717) is 38.5 Å². The number of hydrogen-bond donors (Lipinski definition) is 1. The molecule has 1 saturated heterocycles. The molecule has 1 aliphatic heterocycles. The lowest BCUT2D eigenvalue weighted by Gasteiger charge is -2.29. The molecule has 1 unspecified atom stereocenters. The number of halogens is 1. The zero-order valence-corrected chi connectivity index (χ0v) is 17.4. The van der Waals surface area contributed by atoms with Gasteiger partial charge in [-0.15, -0.1) is 12.4 Å². The van der Waals surface area contributed by atoms with Gasteiger partial charge in [-0.2, -0.15) is 0 Å². The number of carbonyl (C=O) groups is 1. The van der Waals surface area contributed by atoms with Crippen LogP contribution in [0.3, 0.4) is 0 Å². The van der Waals surface area contributed by atoms with Crippen molar-refractivity contribution in [3.8, 4) is 5.75 Å². The van der Waals surface area contributed by atoms with Crippen molar-refractivity contribution in [2.24, 2.45) is 11.7 Å². The number of hydrogen-bond acceptors (Lipinski definition) is 6. The summed E-state index contributed by atoms with van der Waals surface area (Å²) >= 11 is 0. The minimum absolute atomic E-state index is 0. The fraction of sp³-hybridized carbons (Fsp3) is 0.611. The molecule has 0 radical (unpaired) electrons. The zero-order valence-electron chi connectivity index (χ0n) is 15.8. The van der Waals surface area contributed by atoms with Gasteiger partial charge in [0.05, 0.1) is 17.5 Å². The molecule has 1 heterocycles. The molecule has 9 heteroatoms. The predicted molar refractivity (Wildman–Crippen MR) is 106 cm³/mol. The first-order valence-corrected chi connectivity index (χ1v) is 10.7. The second-order valence-corrected chi connectivity index (χ2v) is 8.70. The van der Waals surface area contributed by atoms with Gasteiger partial charge in [0.15, 0.2) is 9.84 Å². The molecule has 1 aromatic carbocycles. The van der Waals surface area contributed by atoms with E-state index in [1.807, 2.05) is 0 Å². The van der Waals surface area contributed by atoms with Crippen molar-refractivity contribution in [3.63, 3.8) is 0 Å². The van der Waals surface area contributed by atoms with Crippen molar-refractivity contribution in [2.75, 3.05) is 39.7 Å². The highest BCUT2D eigenvalue weighted by Gasteiger charge is 2.28. The van der Waals surface area contributed by atoms with Crippen LogP contribution in [0.25, 0.3) is 0 Å². The Morgan fingerprint density at radius 1 is 1.37 bits per heavy atom. The lowest BCUT2D eigenvalue weighted by atomic mass is 9.91. The van der Waals surface area contributed by atoms with Gasteiger partial charge >= 0.3 is 0 Å². The average molecular weight is 421 g/mol. The maximum absolute atomic E-state index is 12.4. The number of sulfone groups is 1. The van der Waals surface area contributed by atoms with Crippen LogP contribution in [0.2, 0.25) is 0 Å². The van der Waals surface area contributed by atoms with Gasteiger partial charge in [-0.1, -0.05) is 6.07 Å². The van der Waals surface area contributed by atoms with Gasteiger partial charge in [-0.3, -0.25) is 4.79 Å². The van der Waals surface area contributed by atoms with Crippen LogP contribution in [-0.2, 0) is 19.4 Å². The van der Waals surface area contributed by atoms with Gasteiger partial charge in [0.2, 0.25) is 5.91 Å². The maximum atomic E-state index is 12.4. The summed E-state index contributed by atoms with van der Waals surface area (Å²) in [6.07, 6.45) is 3.43. The second kappa shape index (κ2) is 10.8. The van der Waals surface area contributed by atoms with Gasteiger partial charge in [-0.25, -0.2) is 8.42 Å². The fourth-order valence-corrected chi connectivity index (χ4v) is 3.58. The average Bonchev–Trinajstić information content (AvgIpc) is 2.64. The Morgan fingerprint density at radius 3 is 2.67 bits per heavy atom. The van der Waals surface area contributed by atoms with Crippen molar-refractivity contribution in [2.45, 2.75) is 30.2 Å². The van der Waals surface area contributed by atoms with Gasteiger partial charge in [-0.05, 0) is 43.4 Å². The first-order chi connectivity index (χ1) is 12.3. The minimum Gasteiger partial charge on any atom is -0.493 e. The largest absolute Gasteiger partial charge is 0.493 e. The summed E-state index contributed by atoms with van der Waals surface area (Å²) in [5, 5.41) is 0. The van der Waals surface area contributed by atoms with E-state index in [4.69, 9.17) is 15.2 Å². The zero-order chi connectivity index (χ0) is 19.2. The lowest BCUT2D eigenvalue weighted by molar-refractivity contribution is -0.133. The number of ether oxygens (including phenoxy) is 2. The fourth-order valence-electron chi connectivity index (χ4n) is 2.93. The Hall–Kier alpha value is -1.35. The molecule has 7 nitrogen and oxygen atoms in total. The molecule has 1 amide bonds. The number of amides is 1. The first kappa shape index (κ1) is 23.7. The highest BCUT2D eigenvalue weighted by atomic mass is 35.5. The van der Waals surface area contributed by atoms with E-state index in [0.717, 1.165) is 19.1 Å². The number of benzene rings is 1. The van der Waals surface area contributed by atoms with Crippen LogP contribution in [-0.4, -0.2) is 64.9 Å². The Bertz CT molecular complexity index is 707. The molecule has 1 atom stereocenters. The predicted octanol–water partition coefficient (Wildman–Crippen LogP) is 1.49. The first-order valence-electron chi connectivity index (χ1n) is 8.80. The van der Waals surface area contributed by atoms with Crippen molar-refractivity contribution < 1.29 is 22.7 Å². The van der Waals surface area contributed by atoms with Crippen molar-refractivity contribution in [3.05, 3.63) is 24.3 Å². The third kappa shape index (κ3) is 7.29. The van der Waals surface area contributed by atoms with Crippen molar-refractivity contribution in [1.29, 1.82) is 0 Å². The molecule has 1 fully saturated rings. The van der Waals surface area contributed by atoms with Crippen molar-refractivity contribution in [1.82, 2.24) is 4.90 Å². The second-order valence-electron chi connectivity index (χ2n) is 6.68. The van der Waals surface area contributed by atoms with Crippen LogP contribution in [0.15, 0.2) is 29.2 Å². The molecule has 2 rings (SSSR count). The van der Waals surface area contributed by atoms with Crippen LogP contribution in [0, 0.1) is 5.92 Å². The van der Waals surface area contributed by atoms with E-state index in [1.54, 1.807) is 24.1 Å². The Balaban J connectivity index is 0.00000364. The van der Waals surface area contributed by atoms with E-state index >= 15 is 0 Å². The van der Waals surface area contributed by atoms with Gasteiger partial charge in [0.1, 0.15) is 5.75 Å². The Labute approximate surface area is 167 Å². The summed E-state index contributed by atoms with van der Waals surface area (Å²) in [6.45, 7) is 2.24. The van der Waals surface area contributed by atoms with Crippen LogP contribution in [0.5, 0.6) is 5.75 Å². The van der Waals surface area contributed by atoms with Gasteiger partial charge in [0.25, 0.3) is 0 Å².